The Morgan fingerprint density at radius 3 is 2.85 bits per heavy atom. The summed E-state index contributed by atoms with van der Waals surface area (Å²) in [6.07, 6.45) is 3.36. The number of hydrogen-bond acceptors (Lipinski definition) is 7. The Morgan fingerprint density at radius 1 is 1.37 bits per heavy atom. The van der Waals surface area contributed by atoms with Gasteiger partial charge in [0.2, 0.25) is 12.0 Å². The number of fused-ring (bicyclic) bond motifs is 1. The predicted octanol–water partition coefficient (Wildman–Crippen LogP) is 2.47. The van der Waals surface area contributed by atoms with Gasteiger partial charge in [0, 0.05) is 11.1 Å². The van der Waals surface area contributed by atoms with Crippen molar-refractivity contribution >= 4 is 40.0 Å². The molecule has 1 aliphatic heterocycles. The number of carbonyl (C=O) groups is 2. The molecule has 0 fully saturated rings. The van der Waals surface area contributed by atoms with E-state index >= 15 is 0 Å². The van der Waals surface area contributed by atoms with E-state index in [0.29, 0.717) is 23.1 Å². The molecule has 1 aromatic heterocycles. The second-order valence-electron chi connectivity index (χ2n) is 5.97. The van der Waals surface area contributed by atoms with Gasteiger partial charge in [0.15, 0.2) is 16.6 Å². The molecule has 0 radical (unpaired) electrons. The van der Waals surface area contributed by atoms with Gasteiger partial charge in [-0.05, 0) is 37.5 Å². The normalized spacial score (nSPS) is 16.4. The fourth-order valence-corrected chi connectivity index (χ4v) is 3.66. The number of para-hydroxylation sites is 2. The zero-order valence-electron chi connectivity index (χ0n) is 15.1. The molecule has 0 saturated heterocycles. The molecule has 0 unspecified atom stereocenters. The van der Waals surface area contributed by atoms with E-state index in [1.807, 2.05) is 25.3 Å². The fourth-order valence-electron chi connectivity index (χ4n) is 2.52. The van der Waals surface area contributed by atoms with Crippen LogP contribution < -0.4 is 20.1 Å². The average molecular weight is 408 g/mol. The highest BCUT2D eigenvalue weighted by molar-refractivity contribution is 7.98. The van der Waals surface area contributed by atoms with Gasteiger partial charge >= 0.3 is 0 Å². The van der Waals surface area contributed by atoms with Crippen molar-refractivity contribution in [1.82, 2.24) is 10.3 Å². The van der Waals surface area contributed by atoms with E-state index in [0.717, 1.165) is 10.6 Å². The molecule has 2 heterocycles. The zero-order valence-corrected chi connectivity index (χ0v) is 16.7. The largest absolute Gasteiger partial charge is 0.485 e. The first kappa shape index (κ1) is 19.5. The Morgan fingerprint density at radius 2 is 2.15 bits per heavy atom. The summed E-state index contributed by atoms with van der Waals surface area (Å²) in [5.74, 6) is 1.20. The lowest BCUT2D eigenvalue weighted by Crippen LogP contribution is -2.51. The lowest BCUT2D eigenvalue weighted by molar-refractivity contribution is -0.133. The maximum atomic E-state index is 12.6. The van der Waals surface area contributed by atoms with Gasteiger partial charge in [0.25, 0.3) is 5.91 Å². The second-order valence-corrected chi connectivity index (χ2v) is 8.19. The van der Waals surface area contributed by atoms with Crippen LogP contribution in [0.1, 0.15) is 11.3 Å². The number of amides is 2. The maximum Gasteiger partial charge on any atom is 0.265 e. The van der Waals surface area contributed by atoms with Crippen molar-refractivity contribution in [2.45, 2.75) is 25.5 Å². The summed E-state index contributed by atoms with van der Waals surface area (Å²) in [6, 6.07) is 6.51. The Bertz CT molecular complexity index is 811. The number of thiazole rings is 1. The van der Waals surface area contributed by atoms with E-state index in [9.17, 15) is 9.59 Å². The predicted molar refractivity (Wildman–Crippen MR) is 107 cm³/mol. The molecule has 2 atom stereocenters. The molecule has 0 bridgehead atoms. The molecule has 9 heteroatoms. The van der Waals surface area contributed by atoms with Crippen molar-refractivity contribution in [1.29, 1.82) is 0 Å². The van der Waals surface area contributed by atoms with Gasteiger partial charge in [-0.3, -0.25) is 9.59 Å². The van der Waals surface area contributed by atoms with Crippen molar-refractivity contribution in [3.8, 4) is 11.5 Å². The Hall–Kier alpha value is -2.26. The van der Waals surface area contributed by atoms with Gasteiger partial charge in [-0.25, -0.2) is 4.98 Å². The van der Waals surface area contributed by atoms with Crippen molar-refractivity contribution in [3.63, 3.8) is 0 Å². The van der Waals surface area contributed by atoms with E-state index in [-0.39, 0.29) is 18.4 Å². The topological polar surface area (TPSA) is 89.5 Å². The minimum atomic E-state index is -0.799. The molecular formula is C18H21N3O4S2. The minimum absolute atomic E-state index is 0.103. The average Bonchev–Trinajstić information content (AvgIpc) is 3.09. The van der Waals surface area contributed by atoms with Crippen molar-refractivity contribution in [2.75, 3.05) is 23.9 Å². The summed E-state index contributed by atoms with van der Waals surface area (Å²) in [4.78, 5) is 30.4. The molecule has 0 saturated carbocycles. The molecule has 2 N–H and O–H groups in total. The number of benzene rings is 1. The van der Waals surface area contributed by atoms with E-state index in [1.54, 1.807) is 30.1 Å². The molecule has 2 amide bonds. The van der Waals surface area contributed by atoms with E-state index < -0.39 is 12.1 Å². The van der Waals surface area contributed by atoms with Gasteiger partial charge in [-0.1, -0.05) is 12.1 Å². The van der Waals surface area contributed by atoms with Crippen LogP contribution in [0.2, 0.25) is 0 Å². The van der Waals surface area contributed by atoms with Crippen molar-refractivity contribution in [2.24, 2.45) is 0 Å². The number of rotatable bonds is 7. The number of ether oxygens (including phenoxy) is 2. The molecule has 7 nitrogen and oxygen atoms in total. The summed E-state index contributed by atoms with van der Waals surface area (Å²) < 4.78 is 11.3. The molecule has 0 aliphatic carbocycles. The number of anilines is 1. The van der Waals surface area contributed by atoms with Crippen LogP contribution in [0.25, 0.3) is 0 Å². The fraction of sp³-hybridized carbons (Fsp3) is 0.389. The SMILES string of the molecule is CSCC[C@H](NC(=O)[C@H]1COc2ccccc2O1)C(=O)Nc1ncc(C)s1. The number of carbonyl (C=O) groups excluding carboxylic acids is 2. The molecule has 1 aliphatic rings. The van der Waals surface area contributed by atoms with E-state index in [2.05, 4.69) is 15.6 Å². The molecule has 1 aromatic carbocycles. The van der Waals surface area contributed by atoms with Gasteiger partial charge in [-0.15, -0.1) is 11.3 Å². The van der Waals surface area contributed by atoms with Crippen LogP contribution >= 0.6 is 23.1 Å². The van der Waals surface area contributed by atoms with Crippen LogP contribution in [-0.4, -0.2) is 47.6 Å². The summed E-state index contributed by atoms with van der Waals surface area (Å²) in [5.41, 5.74) is 0. The second kappa shape index (κ2) is 9.09. The molecule has 2 aromatic rings. The lowest BCUT2D eigenvalue weighted by Gasteiger charge is -2.27. The Balaban J connectivity index is 1.63. The van der Waals surface area contributed by atoms with E-state index in [1.165, 1.54) is 11.3 Å². The molecule has 27 heavy (non-hydrogen) atoms. The highest BCUT2D eigenvalue weighted by atomic mass is 32.2. The number of thioether (sulfide) groups is 1. The summed E-state index contributed by atoms with van der Waals surface area (Å²) >= 11 is 3.00. The first-order chi connectivity index (χ1) is 13.1. The minimum Gasteiger partial charge on any atom is -0.485 e. The van der Waals surface area contributed by atoms with Crippen LogP contribution in [0.4, 0.5) is 5.13 Å². The lowest BCUT2D eigenvalue weighted by atomic mass is 10.2. The number of nitrogens with one attached hydrogen (secondary N) is 2. The first-order valence-corrected chi connectivity index (χ1v) is 10.7. The van der Waals surface area contributed by atoms with Gasteiger partial charge in [-0.2, -0.15) is 11.8 Å². The summed E-state index contributed by atoms with van der Waals surface area (Å²) in [6.45, 7) is 2.02. The standard InChI is InChI=1S/C18H21N3O4S2/c1-11-9-19-18(27-11)21-16(22)12(7-8-26-2)20-17(23)15-10-24-13-5-3-4-6-14(13)25-15/h3-6,9,12,15H,7-8,10H2,1-2H3,(H,20,23)(H,19,21,22)/t12-,15+/m0/s1. The van der Waals surface area contributed by atoms with Crippen molar-refractivity contribution < 1.29 is 19.1 Å². The number of hydrogen-bond donors (Lipinski definition) is 2. The zero-order chi connectivity index (χ0) is 19.2. The highest BCUT2D eigenvalue weighted by Crippen LogP contribution is 2.30. The quantitative estimate of drug-likeness (QED) is 0.733. The number of nitrogens with zero attached hydrogens (tertiary/aromatic N) is 1. The molecule has 3 rings (SSSR count). The van der Waals surface area contributed by atoms with Crippen LogP contribution in [0, 0.1) is 6.92 Å². The van der Waals surface area contributed by atoms with Crippen molar-refractivity contribution in [3.05, 3.63) is 35.3 Å². The Kier molecular flexibility index (Phi) is 6.57. The first-order valence-electron chi connectivity index (χ1n) is 8.48. The third-order valence-corrected chi connectivity index (χ3v) is 5.37. The van der Waals surface area contributed by atoms with Gasteiger partial charge < -0.3 is 20.1 Å². The molecular weight excluding hydrogens is 386 g/mol. The van der Waals surface area contributed by atoms with Crippen LogP contribution in [-0.2, 0) is 9.59 Å². The molecule has 144 valence electrons. The Labute approximate surface area is 165 Å². The molecule has 0 spiro atoms. The van der Waals surface area contributed by atoms with Crippen LogP contribution in [0.15, 0.2) is 30.5 Å². The maximum absolute atomic E-state index is 12.6. The summed E-state index contributed by atoms with van der Waals surface area (Å²) in [7, 11) is 0. The third kappa shape index (κ3) is 5.14. The highest BCUT2D eigenvalue weighted by Gasteiger charge is 2.30. The monoisotopic (exact) mass is 407 g/mol. The van der Waals surface area contributed by atoms with Crippen LogP contribution in [0.3, 0.4) is 0 Å². The van der Waals surface area contributed by atoms with Gasteiger partial charge in [0.05, 0.1) is 0 Å². The number of aryl methyl sites for hydroxylation is 1. The van der Waals surface area contributed by atoms with Crippen LogP contribution in [0.5, 0.6) is 11.5 Å². The van der Waals surface area contributed by atoms with Gasteiger partial charge in [0.1, 0.15) is 12.6 Å². The van der Waals surface area contributed by atoms with E-state index in [4.69, 9.17) is 9.47 Å². The smallest absolute Gasteiger partial charge is 0.265 e. The third-order valence-electron chi connectivity index (χ3n) is 3.90. The summed E-state index contributed by atoms with van der Waals surface area (Å²) in [5, 5.41) is 6.08. The number of aromatic nitrogens is 1.